The van der Waals surface area contributed by atoms with Gasteiger partial charge in [0.2, 0.25) is 0 Å². The number of halogens is 1. The number of rotatable bonds is 2. The van der Waals surface area contributed by atoms with E-state index in [0.717, 1.165) is 30.2 Å². The van der Waals surface area contributed by atoms with Gasteiger partial charge in [0.05, 0.1) is 27.9 Å². The van der Waals surface area contributed by atoms with Crippen molar-refractivity contribution >= 4 is 72.1 Å². The van der Waals surface area contributed by atoms with Gasteiger partial charge in [-0.15, -0.1) is 11.3 Å². The van der Waals surface area contributed by atoms with Gasteiger partial charge in [-0.05, 0) is 65.2 Å². The molecule has 4 heteroatoms. The zero-order chi connectivity index (χ0) is 25.2. The summed E-state index contributed by atoms with van der Waals surface area (Å²) in [6.45, 7) is 0. The maximum Gasteiger partial charge on any atom is 0.0617 e. The van der Waals surface area contributed by atoms with E-state index < -0.39 is 0 Å². The van der Waals surface area contributed by atoms with Crippen LogP contribution < -0.4 is 0 Å². The molecular weight excluding hydrogens is 548 g/mol. The number of hydrogen-bond donors (Lipinski definition) is 0. The molecule has 2 nitrogen and oxygen atoms in total. The van der Waals surface area contributed by atoms with E-state index in [-0.39, 0.29) is 0 Å². The maximum atomic E-state index is 3.85. The summed E-state index contributed by atoms with van der Waals surface area (Å²) in [5.74, 6) is 6.69. The van der Waals surface area contributed by atoms with Crippen molar-refractivity contribution in [1.82, 2.24) is 9.13 Å². The van der Waals surface area contributed by atoms with E-state index in [1.54, 1.807) is 0 Å². The number of fused-ring (bicyclic) bond motifs is 7. The summed E-state index contributed by atoms with van der Waals surface area (Å²) in [4.78, 5) is 1.32. The minimum atomic E-state index is 0.779. The number of thiophene rings is 1. The van der Waals surface area contributed by atoms with Gasteiger partial charge >= 0.3 is 0 Å². The van der Waals surface area contributed by atoms with Crippen LogP contribution in [0.1, 0.15) is 34.5 Å². The first kappa shape index (κ1) is 22.2. The summed E-state index contributed by atoms with van der Waals surface area (Å²) < 4.78 is 6.06. The van der Waals surface area contributed by atoms with E-state index >= 15 is 0 Å². The normalized spacial score (nSPS) is 15.2. The lowest BCUT2D eigenvalue weighted by Crippen LogP contribution is -2.03. The number of benzene rings is 3. The van der Waals surface area contributed by atoms with Crippen LogP contribution in [0, 0.1) is 11.8 Å². The highest BCUT2D eigenvalue weighted by atomic mass is 79.9. The lowest BCUT2D eigenvalue weighted by Gasteiger charge is -2.15. The first-order chi connectivity index (χ1) is 18.8. The van der Waals surface area contributed by atoms with Crippen LogP contribution in [-0.2, 0) is 12.8 Å². The summed E-state index contributed by atoms with van der Waals surface area (Å²) in [7, 11) is 0. The molecule has 6 aromatic rings. The second kappa shape index (κ2) is 8.63. The van der Waals surface area contributed by atoms with Gasteiger partial charge in [-0.3, -0.25) is 0 Å². The van der Waals surface area contributed by atoms with Gasteiger partial charge in [0.15, 0.2) is 0 Å². The van der Waals surface area contributed by atoms with Crippen molar-refractivity contribution in [3.8, 4) is 23.2 Å². The number of para-hydroxylation sites is 2. The average molecular weight is 572 g/mol. The molecule has 0 spiro atoms. The molecule has 0 N–H and O–H groups in total. The Bertz CT molecular complexity index is 2050. The monoisotopic (exact) mass is 570 g/mol. The number of allylic oxidation sites excluding steroid dienone is 2. The molecule has 0 bridgehead atoms. The Kier molecular flexibility index (Phi) is 5.05. The van der Waals surface area contributed by atoms with Crippen molar-refractivity contribution in [2.45, 2.75) is 25.7 Å². The topological polar surface area (TPSA) is 9.86 Å². The van der Waals surface area contributed by atoms with E-state index in [9.17, 15) is 0 Å². The van der Waals surface area contributed by atoms with E-state index in [4.69, 9.17) is 0 Å². The molecule has 3 heterocycles. The van der Waals surface area contributed by atoms with Gasteiger partial charge in [-0.25, -0.2) is 0 Å². The van der Waals surface area contributed by atoms with Crippen molar-refractivity contribution in [2.24, 2.45) is 0 Å². The fourth-order valence-corrected chi connectivity index (χ4v) is 7.63. The maximum absolute atomic E-state index is 3.85. The second-order valence-electron chi connectivity index (χ2n) is 9.93. The molecule has 0 saturated carbocycles. The van der Waals surface area contributed by atoms with E-state index in [1.807, 2.05) is 11.3 Å². The Morgan fingerprint density at radius 3 is 2.58 bits per heavy atom. The third-order valence-electron chi connectivity index (χ3n) is 7.85. The second-order valence-corrected chi connectivity index (χ2v) is 11.7. The minimum absolute atomic E-state index is 0.779. The van der Waals surface area contributed by atoms with Crippen molar-refractivity contribution in [3.05, 3.63) is 104 Å². The Hall–Kier alpha value is -3.78. The number of nitrogens with zero attached hydrogens (tertiary/aromatic N) is 2. The Morgan fingerprint density at radius 2 is 1.63 bits per heavy atom. The molecule has 0 fully saturated rings. The highest BCUT2D eigenvalue weighted by molar-refractivity contribution is 9.10. The predicted molar refractivity (Wildman–Crippen MR) is 166 cm³/mol. The zero-order valence-corrected chi connectivity index (χ0v) is 23.1. The molecule has 0 saturated heterocycles. The summed E-state index contributed by atoms with van der Waals surface area (Å²) >= 11 is 5.67. The number of aromatic nitrogens is 2. The highest BCUT2D eigenvalue weighted by Gasteiger charge is 2.23. The van der Waals surface area contributed by atoms with Crippen LogP contribution in [0.5, 0.6) is 0 Å². The molecular formula is C34H23BrN2S. The van der Waals surface area contributed by atoms with Crippen LogP contribution in [0.2, 0.25) is 0 Å². The fourth-order valence-electron chi connectivity index (χ4n) is 6.19. The van der Waals surface area contributed by atoms with Crippen LogP contribution in [-0.4, -0.2) is 9.13 Å². The van der Waals surface area contributed by atoms with E-state index in [2.05, 4.69) is 127 Å². The molecule has 8 rings (SSSR count). The Balaban J connectivity index is 1.52. The molecule has 3 aromatic carbocycles. The van der Waals surface area contributed by atoms with Crippen molar-refractivity contribution in [3.63, 3.8) is 0 Å². The summed E-state index contributed by atoms with van der Waals surface area (Å²) in [5, 5.41) is 6.22. The Labute approximate surface area is 233 Å². The van der Waals surface area contributed by atoms with Crippen molar-refractivity contribution in [1.29, 1.82) is 0 Å². The highest BCUT2D eigenvalue weighted by Crippen LogP contribution is 2.42. The molecule has 2 aliphatic rings. The quantitative estimate of drug-likeness (QED) is 0.183. The molecule has 3 aromatic heterocycles. The summed E-state index contributed by atoms with van der Waals surface area (Å²) in [6.07, 6.45) is 12.8. The van der Waals surface area contributed by atoms with Crippen LogP contribution in [0.15, 0.2) is 82.7 Å². The smallest absolute Gasteiger partial charge is 0.0617 e. The minimum Gasteiger partial charge on any atom is -0.312 e. The first-order valence-corrected chi connectivity index (χ1v) is 14.7. The predicted octanol–water partition coefficient (Wildman–Crippen LogP) is 9.47. The van der Waals surface area contributed by atoms with Crippen LogP contribution in [0.4, 0.5) is 0 Å². The SMILES string of the molecule is Brc1ccccc1-n1c2c(c3cc4c5ccccc5n(-c5csc6c5CC#CC/C=C\6)c4cc31)C=CCC2. The van der Waals surface area contributed by atoms with Gasteiger partial charge in [0, 0.05) is 60.6 Å². The zero-order valence-electron chi connectivity index (χ0n) is 20.7. The third kappa shape index (κ3) is 3.19. The molecule has 2 aliphatic carbocycles. The first-order valence-electron chi connectivity index (χ1n) is 13.0. The van der Waals surface area contributed by atoms with Gasteiger partial charge in [0.25, 0.3) is 0 Å². The Morgan fingerprint density at radius 1 is 0.763 bits per heavy atom. The summed E-state index contributed by atoms with van der Waals surface area (Å²) in [6, 6.07) is 22.3. The molecule has 0 radical (unpaired) electrons. The van der Waals surface area contributed by atoms with Crippen LogP contribution in [0.3, 0.4) is 0 Å². The third-order valence-corrected chi connectivity index (χ3v) is 9.50. The van der Waals surface area contributed by atoms with Gasteiger partial charge in [-0.2, -0.15) is 0 Å². The molecule has 182 valence electrons. The fraction of sp³-hybridized carbons (Fsp3) is 0.118. The molecule has 0 atom stereocenters. The van der Waals surface area contributed by atoms with Crippen molar-refractivity contribution in [2.75, 3.05) is 0 Å². The molecule has 0 aliphatic heterocycles. The van der Waals surface area contributed by atoms with E-state index in [1.165, 1.54) is 65.8 Å². The number of hydrogen-bond acceptors (Lipinski definition) is 1. The average Bonchev–Trinajstić information content (AvgIpc) is 3.57. The van der Waals surface area contributed by atoms with Gasteiger partial charge in [0.1, 0.15) is 0 Å². The van der Waals surface area contributed by atoms with E-state index in [0.29, 0.717) is 0 Å². The molecule has 0 unspecified atom stereocenters. The van der Waals surface area contributed by atoms with Crippen molar-refractivity contribution < 1.29 is 0 Å². The van der Waals surface area contributed by atoms with Gasteiger partial charge < -0.3 is 9.13 Å². The standard InChI is InChI=1S/C34H23BrN2S/c35-27-14-7-10-17-30(27)36-28-15-8-5-11-22(28)25-19-26-23-12-6-9-16-29(23)37(32(26)20-31(25)36)33-21-38-34-18-4-2-1-3-13-24(33)34/h4-7,9-12,14,16-21H,2,8,13,15H2/b18-4-. The van der Waals surface area contributed by atoms with Gasteiger partial charge in [-0.1, -0.05) is 60.4 Å². The van der Waals surface area contributed by atoms with Crippen LogP contribution in [0.25, 0.3) is 56.2 Å². The van der Waals surface area contributed by atoms with Crippen LogP contribution >= 0.6 is 27.3 Å². The lowest BCUT2D eigenvalue weighted by molar-refractivity contribution is 0.886. The molecule has 38 heavy (non-hydrogen) atoms. The summed E-state index contributed by atoms with van der Waals surface area (Å²) in [5.41, 5.74) is 10.2. The lowest BCUT2D eigenvalue weighted by atomic mass is 10.0. The molecule has 0 amide bonds. The largest absolute Gasteiger partial charge is 0.312 e.